The van der Waals surface area contributed by atoms with Crippen molar-refractivity contribution >= 4 is 11.9 Å². The predicted octanol–water partition coefficient (Wildman–Crippen LogP) is 2.58. The maximum Gasteiger partial charge on any atom is 0.341 e. The van der Waals surface area contributed by atoms with Crippen LogP contribution >= 0.6 is 0 Å². The van der Waals surface area contributed by atoms with Crippen molar-refractivity contribution in [3.63, 3.8) is 0 Å². The van der Waals surface area contributed by atoms with Gasteiger partial charge in [-0.05, 0) is 44.2 Å². The molecule has 3 aromatic rings. The van der Waals surface area contributed by atoms with Crippen molar-refractivity contribution in [2.45, 2.75) is 19.9 Å². The van der Waals surface area contributed by atoms with Gasteiger partial charge in [-0.15, -0.1) is 0 Å². The van der Waals surface area contributed by atoms with Gasteiger partial charge in [-0.3, -0.25) is 9.48 Å². The molecule has 2 N–H and O–H groups in total. The molecule has 28 heavy (non-hydrogen) atoms. The van der Waals surface area contributed by atoms with Crippen LogP contribution in [0.4, 0.5) is 0 Å². The first kappa shape index (κ1) is 19.2. The minimum atomic E-state index is -1.20. The van der Waals surface area contributed by atoms with Crippen LogP contribution in [0.5, 0.6) is 5.75 Å². The van der Waals surface area contributed by atoms with Gasteiger partial charge in [0.15, 0.2) is 5.76 Å². The van der Waals surface area contributed by atoms with E-state index in [0.29, 0.717) is 11.3 Å². The van der Waals surface area contributed by atoms with Crippen LogP contribution in [0.15, 0.2) is 34.9 Å². The molecule has 0 fully saturated rings. The van der Waals surface area contributed by atoms with E-state index in [1.165, 1.54) is 0 Å². The number of methoxy groups -OCH3 is 1. The van der Waals surface area contributed by atoms with Gasteiger partial charge < -0.3 is 19.7 Å². The number of nitrogens with zero attached hydrogens (tertiary/aromatic N) is 3. The van der Waals surface area contributed by atoms with Crippen molar-refractivity contribution in [3.8, 4) is 17.0 Å². The van der Waals surface area contributed by atoms with Crippen molar-refractivity contribution < 1.29 is 24.0 Å². The molecular formula is C19H20N4O5. The average Bonchev–Trinajstić information content (AvgIpc) is 3.26. The van der Waals surface area contributed by atoms with Gasteiger partial charge in [-0.2, -0.15) is 5.10 Å². The maximum absolute atomic E-state index is 12.4. The standard InChI is InChI=1S/C19H20N4O5/c1-10-9-14(21-23(10)3)18(24)20-11(2)17-15(19(25)26)16(22-28-17)12-5-7-13(27-4)8-6-12/h5-9,11H,1-4H3,(H,20,24)(H,25,26)/t11-/m1/s1. The first-order valence-corrected chi connectivity index (χ1v) is 8.50. The molecule has 0 radical (unpaired) electrons. The molecule has 0 bridgehead atoms. The SMILES string of the molecule is COc1ccc(-c2noc([C@@H](C)NC(=O)c3cc(C)n(C)n3)c2C(=O)O)cc1. The van der Waals surface area contributed by atoms with Crippen LogP contribution in [-0.2, 0) is 7.05 Å². The molecule has 3 rings (SSSR count). The second-order valence-electron chi connectivity index (χ2n) is 6.29. The van der Waals surface area contributed by atoms with Crippen LogP contribution in [0.2, 0.25) is 0 Å². The molecule has 0 aliphatic heterocycles. The number of ether oxygens (including phenoxy) is 1. The van der Waals surface area contributed by atoms with E-state index in [2.05, 4.69) is 15.6 Å². The third-order valence-corrected chi connectivity index (χ3v) is 4.38. The molecule has 0 saturated carbocycles. The Labute approximate surface area is 160 Å². The van der Waals surface area contributed by atoms with E-state index in [1.54, 1.807) is 56.1 Å². The molecule has 1 aromatic carbocycles. The molecule has 146 valence electrons. The summed E-state index contributed by atoms with van der Waals surface area (Å²) in [7, 11) is 3.27. The average molecular weight is 384 g/mol. The lowest BCUT2D eigenvalue weighted by Gasteiger charge is -2.10. The molecule has 0 aliphatic rings. The Morgan fingerprint density at radius 2 is 1.96 bits per heavy atom. The van der Waals surface area contributed by atoms with Crippen molar-refractivity contribution in [2.75, 3.05) is 7.11 Å². The highest BCUT2D eigenvalue weighted by Gasteiger charge is 2.28. The summed E-state index contributed by atoms with van der Waals surface area (Å²) in [6.07, 6.45) is 0. The largest absolute Gasteiger partial charge is 0.497 e. The van der Waals surface area contributed by atoms with E-state index in [0.717, 1.165) is 5.69 Å². The summed E-state index contributed by atoms with van der Waals surface area (Å²) >= 11 is 0. The molecular weight excluding hydrogens is 364 g/mol. The number of amides is 1. The Morgan fingerprint density at radius 1 is 1.29 bits per heavy atom. The number of nitrogens with one attached hydrogen (secondary N) is 1. The number of rotatable bonds is 6. The van der Waals surface area contributed by atoms with Crippen molar-refractivity contribution in [3.05, 3.63) is 53.0 Å². The molecule has 9 nitrogen and oxygen atoms in total. The fourth-order valence-electron chi connectivity index (χ4n) is 2.76. The number of carboxylic acid groups (broad SMARTS) is 1. The first-order chi connectivity index (χ1) is 13.3. The Morgan fingerprint density at radius 3 is 2.50 bits per heavy atom. The molecule has 2 aromatic heterocycles. The number of aryl methyl sites for hydroxylation is 2. The predicted molar refractivity (Wildman–Crippen MR) is 99.3 cm³/mol. The maximum atomic E-state index is 12.4. The van der Waals surface area contributed by atoms with E-state index < -0.39 is 17.9 Å². The summed E-state index contributed by atoms with van der Waals surface area (Å²) in [5, 5.41) is 20.4. The van der Waals surface area contributed by atoms with Crippen LogP contribution in [0.25, 0.3) is 11.3 Å². The van der Waals surface area contributed by atoms with Crippen LogP contribution in [-0.4, -0.2) is 39.0 Å². The minimum absolute atomic E-state index is 0.0549. The number of hydrogen-bond donors (Lipinski definition) is 2. The highest BCUT2D eigenvalue weighted by molar-refractivity contribution is 5.97. The molecule has 1 amide bonds. The Bertz CT molecular complexity index is 1000. The summed E-state index contributed by atoms with van der Waals surface area (Å²) in [6, 6.07) is 7.69. The van der Waals surface area contributed by atoms with E-state index in [9.17, 15) is 14.7 Å². The Hall–Kier alpha value is -3.62. The lowest BCUT2D eigenvalue weighted by molar-refractivity contribution is 0.0692. The summed E-state index contributed by atoms with van der Waals surface area (Å²) < 4.78 is 12.0. The van der Waals surface area contributed by atoms with Crippen LogP contribution in [0.3, 0.4) is 0 Å². The third kappa shape index (κ3) is 3.59. The molecule has 2 heterocycles. The summed E-state index contributed by atoms with van der Waals surface area (Å²) in [6.45, 7) is 3.45. The number of aromatic nitrogens is 3. The number of carboxylic acids is 1. The second-order valence-corrected chi connectivity index (χ2v) is 6.29. The monoisotopic (exact) mass is 384 g/mol. The van der Waals surface area contributed by atoms with Gasteiger partial charge in [0.1, 0.15) is 22.7 Å². The lowest BCUT2D eigenvalue weighted by Crippen LogP contribution is -2.27. The van der Waals surface area contributed by atoms with Gasteiger partial charge in [-0.25, -0.2) is 4.79 Å². The number of hydrogen-bond acceptors (Lipinski definition) is 6. The van der Waals surface area contributed by atoms with Crippen molar-refractivity contribution in [2.24, 2.45) is 7.05 Å². The number of aromatic carboxylic acids is 1. The quantitative estimate of drug-likeness (QED) is 0.670. The molecule has 9 heteroatoms. The van der Waals surface area contributed by atoms with Crippen LogP contribution < -0.4 is 10.1 Å². The van der Waals surface area contributed by atoms with Gasteiger partial charge in [-0.1, -0.05) is 5.16 Å². The number of carbonyl (C=O) groups excluding carboxylic acids is 1. The van der Waals surface area contributed by atoms with Gasteiger partial charge >= 0.3 is 5.97 Å². The minimum Gasteiger partial charge on any atom is -0.497 e. The van der Waals surface area contributed by atoms with Crippen molar-refractivity contribution in [1.82, 2.24) is 20.3 Å². The molecule has 0 saturated heterocycles. The van der Waals surface area contributed by atoms with E-state index >= 15 is 0 Å². The highest BCUT2D eigenvalue weighted by Crippen LogP contribution is 2.30. The van der Waals surface area contributed by atoms with E-state index in [1.807, 2.05) is 6.92 Å². The first-order valence-electron chi connectivity index (χ1n) is 8.50. The van der Waals surface area contributed by atoms with Gasteiger partial charge in [0, 0.05) is 18.3 Å². The molecule has 0 spiro atoms. The zero-order valence-corrected chi connectivity index (χ0v) is 15.9. The summed E-state index contributed by atoms with van der Waals surface area (Å²) in [5.41, 5.74) is 1.70. The van der Waals surface area contributed by atoms with Crippen LogP contribution in [0.1, 0.15) is 45.3 Å². The number of benzene rings is 1. The summed E-state index contributed by atoms with van der Waals surface area (Å²) in [4.78, 5) is 24.3. The molecule has 0 aliphatic carbocycles. The third-order valence-electron chi connectivity index (χ3n) is 4.38. The Balaban J connectivity index is 1.89. The zero-order valence-electron chi connectivity index (χ0n) is 15.9. The zero-order chi connectivity index (χ0) is 20.4. The molecule has 0 unspecified atom stereocenters. The van der Waals surface area contributed by atoms with E-state index in [4.69, 9.17) is 9.26 Å². The van der Waals surface area contributed by atoms with Gasteiger partial charge in [0.05, 0.1) is 13.2 Å². The topological polar surface area (TPSA) is 119 Å². The van der Waals surface area contributed by atoms with Crippen molar-refractivity contribution in [1.29, 1.82) is 0 Å². The normalized spacial score (nSPS) is 11.9. The van der Waals surface area contributed by atoms with Gasteiger partial charge in [0.2, 0.25) is 0 Å². The fourth-order valence-corrected chi connectivity index (χ4v) is 2.76. The molecule has 1 atom stereocenters. The summed E-state index contributed by atoms with van der Waals surface area (Å²) in [5.74, 6) is -0.943. The number of carbonyl (C=O) groups is 2. The van der Waals surface area contributed by atoms with E-state index in [-0.39, 0.29) is 22.7 Å². The van der Waals surface area contributed by atoms with Gasteiger partial charge in [0.25, 0.3) is 5.91 Å². The fraction of sp³-hybridized carbons (Fsp3) is 0.263. The smallest absolute Gasteiger partial charge is 0.341 e. The lowest BCUT2D eigenvalue weighted by atomic mass is 10.0. The highest BCUT2D eigenvalue weighted by atomic mass is 16.5. The second kappa shape index (κ2) is 7.55. The van der Waals surface area contributed by atoms with Crippen LogP contribution in [0, 0.1) is 6.92 Å². The Kier molecular flexibility index (Phi) is 5.16.